The highest BCUT2D eigenvalue weighted by Crippen LogP contribution is 2.40. The van der Waals surface area contributed by atoms with Gasteiger partial charge in [-0.05, 0) is 38.0 Å². The predicted molar refractivity (Wildman–Crippen MR) is 91.3 cm³/mol. The molecule has 1 amide bonds. The van der Waals surface area contributed by atoms with Crippen LogP contribution in [0.15, 0.2) is 30.3 Å². The van der Waals surface area contributed by atoms with E-state index in [4.69, 9.17) is 4.98 Å². The van der Waals surface area contributed by atoms with Gasteiger partial charge in [0, 0.05) is 18.7 Å². The van der Waals surface area contributed by atoms with Gasteiger partial charge in [0.1, 0.15) is 5.75 Å². The molecular formula is C18H18N4O2. The number of carbonyl (C=O) groups is 1. The largest absolute Gasteiger partial charge is 0.506 e. The molecule has 2 N–H and O–H groups in total. The number of phenolic OH excluding ortho intramolecular Hbond substituents is 1. The molecule has 122 valence electrons. The van der Waals surface area contributed by atoms with Gasteiger partial charge in [0.15, 0.2) is 5.65 Å². The summed E-state index contributed by atoms with van der Waals surface area (Å²) >= 11 is 0. The molecule has 0 unspecified atom stereocenters. The van der Waals surface area contributed by atoms with Crippen LogP contribution < -0.4 is 5.32 Å². The minimum absolute atomic E-state index is 0.0430. The molecule has 0 saturated heterocycles. The second-order valence-corrected chi connectivity index (χ2v) is 6.25. The smallest absolute Gasteiger partial charge is 0.256 e. The fourth-order valence-electron chi connectivity index (χ4n) is 3.00. The van der Waals surface area contributed by atoms with Crippen LogP contribution in [0.5, 0.6) is 5.75 Å². The Hall–Kier alpha value is -2.89. The Morgan fingerprint density at radius 1 is 1.33 bits per heavy atom. The number of benzene rings is 1. The Kier molecular flexibility index (Phi) is 3.26. The van der Waals surface area contributed by atoms with Crippen LogP contribution in [0.4, 0.5) is 5.69 Å². The number of aromatic hydroxyl groups is 1. The van der Waals surface area contributed by atoms with E-state index in [0.29, 0.717) is 17.2 Å². The van der Waals surface area contributed by atoms with Crippen LogP contribution >= 0.6 is 0 Å². The van der Waals surface area contributed by atoms with Crippen LogP contribution in [0.25, 0.3) is 11.0 Å². The van der Waals surface area contributed by atoms with Crippen LogP contribution in [-0.2, 0) is 7.05 Å². The van der Waals surface area contributed by atoms with E-state index in [1.807, 2.05) is 20.0 Å². The fraction of sp³-hybridized carbons (Fsp3) is 0.278. The van der Waals surface area contributed by atoms with Gasteiger partial charge in [-0.15, -0.1) is 0 Å². The van der Waals surface area contributed by atoms with Gasteiger partial charge in [-0.25, -0.2) is 4.98 Å². The molecular weight excluding hydrogens is 304 g/mol. The molecule has 0 aliphatic heterocycles. The first kappa shape index (κ1) is 14.7. The zero-order valence-corrected chi connectivity index (χ0v) is 13.6. The van der Waals surface area contributed by atoms with Crippen molar-refractivity contribution in [2.45, 2.75) is 25.7 Å². The number of carbonyl (C=O) groups excluding carboxylic acids is 1. The maximum atomic E-state index is 12.8. The summed E-state index contributed by atoms with van der Waals surface area (Å²) in [5.41, 5.74) is 3.37. The van der Waals surface area contributed by atoms with E-state index in [1.54, 1.807) is 28.9 Å². The number of aryl methyl sites for hydroxylation is 2. The number of rotatable bonds is 3. The molecule has 4 rings (SSSR count). The Labute approximate surface area is 139 Å². The van der Waals surface area contributed by atoms with E-state index in [1.165, 1.54) is 0 Å². The summed E-state index contributed by atoms with van der Waals surface area (Å²) in [6.07, 6.45) is 2.21. The average Bonchev–Trinajstić information content (AvgIpc) is 3.36. The Morgan fingerprint density at radius 3 is 2.79 bits per heavy atom. The van der Waals surface area contributed by atoms with Gasteiger partial charge in [-0.2, -0.15) is 5.10 Å². The number of fused-ring (bicyclic) bond motifs is 1. The molecule has 2 aromatic heterocycles. The van der Waals surface area contributed by atoms with Crippen LogP contribution in [-0.4, -0.2) is 25.8 Å². The average molecular weight is 322 g/mol. The second kappa shape index (κ2) is 5.33. The minimum atomic E-state index is -0.262. The summed E-state index contributed by atoms with van der Waals surface area (Å²) in [5, 5.41) is 17.8. The van der Waals surface area contributed by atoms with Gasteiger partial charge in [0.2, 0.25) is 0 Å². The minimum Gasteiger partial charge on any atom is -0.506 e. The number of nitrogens with one attached hydrogen (secondary N) is 1. The molecule has 6 heteroatoms. The molecule has 0 spiro atoms. The monoisotopic (exact) mass is 322 g/mol. The number of aromatic nitrogens is 3. The van der Waals surface area contributed by atoms with Crippen molar-refractivity contribution in [1.29, 1.82) is 0 Å². The van der Waals surface area contributed by atoms with Crippen LogP contribution in [0.3, 0.4) is 0 Å². The molecule has 1 aliphatic carbocycles. The number of anilines is 1. The summed E-state index contributed by atoms with van der Waals surface area (Å²) in [6.45, 7) is 1.87. The normalized spacial score (nSPS) is 14.1. The van der Waals surface area contributed by atoms with Crippen molar-refractivity contribution in [1.82, 2.24) is 14.8 Å². The SMILES string of the molecule is Cc1nn(C)c2nc(C3CC3)cc(C(=O)Nc3ccccc3O)c12. The van der Waals surface area contributed by atoms with Crippen molar-refractivity contribution in [2.75, 3.05) is 5.32 Å². The third kappa shape index (κ3) is 2.40. The molecule has 0 radical (unpaired) electrons. The van der Waals surface area contributed by atoms with E-state index in [0.717, 1.165) is 35.3 Å². The molecule has 2 heterocycles. The van der Waals surface area contributed by atoms with E-state index < -0.39 is 0 Å². The Balaban J connectivity index is 1.82. The highest BCUT2D eigenvalue weighted by atomic mass is 16.3. The molecule has 1 aromatic carbocycles. The molecule has 1 aliphatic rings. The number of para-hydroxylation sites is 2. The number of hydrogen-bond donors (Lipinski definition) is 2. The summed E-state index contributed by atoms with van der Waals surface area (Å²) < 4.78 is 1.72. The number of phenols is 1. The van der Waals surface area contributed by atoms with Crippen LogP contribution in [0.1, 0.15) is 40.5 Å². The van der Waals surface area contributed by atoms with Crippen LogP contribution in [0.2, 0.25) is 0 Å². The molecule has 0 bridgehead atoms. The van der Waals surface area contributed by atoms with Crippen molar-refractivity contribution in [3.8, 4) is 5.75 Å². The van der Waals surface area contributed by atoms with Crippen molar-refractivity contribution < 1.29 is 9.90 Å². The highest BCUT2D eigenvalue weighted by molar-refractivity contribution is 6.13. The molecule has 3 aromatic rings. The zero-order chi connectivity index (χ0) is 16.8. The van der Waals surface area contributed by atoms with E-state index in [9.17, 15) is 9.90 Å². The van der Waals surface area contributed by atoms with E-state index in [-0.39, 0.29) is 11.7 Å². The lowest BCUT2D eigenvalue weighted by Gasteiger charge is -2.10. The third-order valence-corrected chi connectivity index (χ3v) is 4.38. The second-order valence-electron chi connectivity index (χ2n) is 6.25. The first-order valence-corrected chi connectivity index (χ1v) is 7.98. The number of hydrogen-bond acceptors (Lipinski definition) is 4. The summed E-state index contributed by atoms with van der Waals surface area (Å²) in [4.78, 5) is 17.5. The number of amides is 1. The number of nitrogens with zero attached hydrogens (tertiary/aromatic N) is 3. The lowest BCUT2D eigenvalue weighted by atomic mass is 10.1. The van der Waals surface area contributed by atoms with E-state index >= 15 is 0 Å². The zero-order valence-electron chi connectivity index (χ0n) is 13.6. The summed E-state index contributed by atoms with van der Waals surface area (Å²) in [6, 6.07) is 8.56. The van der Waals surface area contributed by atoms with Crippen molar-refractivity contribution in [2.24, 2.45) is 7.05 Å². The maximum Gasteiger partial charge on any atom is 0.256 e. The van der Waals surface area contributed by atoms with Gasteiger partial charge in [-0.3, -0.25) is 9.48 Å². The van der Waals surface area contributed by atoms with E-state index in [2.05, 4.69) is 10.4 Å². The van der Waals surface area contributed by atoms with Gasteiger partial charge in [-0.1, -0.05) is 12.1 Å². The Morgan fingerprint density at radius 2 is 2.08 bits per heavy atom. The standard InChI is InChI=1S/C18H18N4O2/c1-10-16-12(18(24)20-13-5-3-4-6-15(13)23)9-14(11-7-8-11)19-17(16)22(2)21-10/h3-6,9,11,23H,7-8H2,1-2H3,(H,20,24). The molecule has 1 fully saturated rings. The topological polar surface area (TPSA) is 80.0 Å². The third-order valence-electron chi connectivity index (χ3n) is 4.38. The van der Waals surface area contributed by atoms with Gasteiger partial charge < -0.3 is 10.4 Å². The van der Waals surface area contributed by atoms with Gasteiger partial charge in [0.25, 0.3) is 5.91 Å². The van der Waals surface area contributed by atoms with Crippen molar-refractivity contribution in [3.63, 3.8) is 0 Å². The first-order valence-electron chi connectivity index (χ1n) is 7.98. The van der Waals surface area contributed by atoms with Gasteiger partial charge in [0.05, 0.1) is 22.3 Å². The fourth-order valence-corrected chi connectivity index (χ4v) is 3.00. The van der Waals surface area contributed by atoms with Crippen LogP contribution in [0, 0.1) is 6.92 Å². The van der Waals surface area contributed by atoms with Crippen molar-refractivity contribution in [3.05, 3.63) is 47.3 Å². The van der Waals surface area contributed by atoms with Crippen molar-refractivity contribution >= 4 is 22.6 Å². The lowest BCUT2D eigenvalue weighted by Crippen LogP contribution is -2.13. The van der Waals surface area contributed by atoms with Gasteiger partial charge >= 0.3 is 0 Å². The predicted octanol–water partition coefficient (Wildman–Crippen LogP) is 3.11. The highest BCUT2D eigenvalue weighted by Gasteiger charge is 2.28. The molecule has 6 nitrogen and oxygen atoms in total. The molecule has 1 saturated carbocycles. The maximum absolute atomic E-state index is 12.8. The quantitative estimate of drug-likeness (QED) is 0.726. The summed E-state index contributed by atoms with van der Waals surface area (Å²) in [7, 11) is 1.84. The Bertz CT molecular complexity index is 957. The summed E-state index contributed by atoms with van der Waals surface area (Å²) in [5.74, 6) is 0.213. The molecule has 0 atom stereocenters. The lowest BCUT2D eigenvalue weighted by molar-refractivity contribution is 0.102. The first-order chi connectivity index (χ1) is 11.5. The molecule has 24 heavy (non-hydrogen) atoms. The number of pyridine rings is 1.